The fraction of sp³-hybridized carbons (Fsp3) is 0.231. The summed E-state index contributed by atoms with van der Waals surface area (Å²) in [6, 6.07) is 21.9. The molecular formula is C26H26ClN3O. The number of carbonyl (C=O) groups is 1. The number of imidazole rings is 1. The molecule has 0 unspecified atom stereocenters. The van der Waals surface area contributed by atoms with Crippen molar-refractivity contribution in [2.75, 3.05) is 6.54 Å². The molecule has 158 valence electrons. The first-order valence-electron chi connectivity index (χ1n) is 10.6. The van der Waals surface area contributed by atoms with Crippen molar-refractivity contribution in [3.05, 3.63) is 99.8 Å². The molecule has 1 aromatic heterocycles. The number of aromatic nitrogens is 2. The number of nitrogens with one attached hydrogen (secondary N) is 1. The Morgan fingerprint density at radius 2 is 1.81 bits per heavy atom. The summed E-state index contributed by atoms with van der Waals surface area (Å²) in [4.78, 5) is 17.3. The molecule has 0 spiro atoms. The highest BCUT2D eigenvalue weighted by molar-refractivity contribution is 6.33. The van der Waals surface area contributed by atoms with E-state index in [0.717, 1.165) is 36.2 Å². The highest BCUT2D eigenvalue weighted by atomic mass is 35.5. The second-order valence-electron chi connectivity index (χ2n) is 7.87. The highest BCUT2D eigenvalue weighted by Crippen LogP contribution is 2.21. The summed E-state index contributed by atoms with van der Waals surface area (Å²) in [5, 5.41) is 3.44. The lowest BCUT2D eigenvalue weighted by molar-refractivity contribution is 0.0953. The molecular weight excluding hydrogens is 406 g/mol. The number of aryl methyl sites for hydroxylation is 3. The Labute approximate surface area is 187 Å². The van der Waals surface area contributed by atoms with Crippen LogP contribution < -0.4 is 5.32 Å². The van der Waals surface area contributed by atoms with Crippen LogP contribution in [0, 0.1) is 13.8 Å². The van der Waals surface area contributed by atoms with Gasteiger partial charge in [0.15, 0.2) is 0 Å². The van der Waals surface area contributed by atoms with Crippen LogP contribution in [0.5, 0.6) is 0 Å². The van der Waals surface area contributed by atoms with E-state index in [1.54, 1.807) is 12.1 Å². The molecule has 0 fully saturated rings. The molecule has 0 saturated carbocycles. The van der Waals surface area contributed by atoms with E-state index in [2.05, 4.69) is 60.1 Å². The third-order valence-corrected chi connectivity index (χ3v) is 5.88. The van der Waals surface area contributed by atoms with Crippen LogP contribution in [-0.2, 0) is 13.0 Å². The summed E-state index contributed by atoms with van der Waals surface area (Å²) in [5.74, 6) is 0.892. The molecule has 0 atom stereocenters. The van der Waals surface area contributed by atoms with E-state index >= 15 is 0 Å². The van der Waals surface area contributed by atoms with Gasteiger partial charge < -0.3 is 9.88 Å². The fourth-order valence-corrected chi connectivity index (χ4v) is 4.04. The highest BCUT2D eigenvalue weighted by Gasteiger charge is 2.13. The third-order valence-electron chi connectivity index (χ3n) is 5.55. The van der Waals surface area contributed by atoms with Gasteiger partial charge in [-0.3, -0.25) is 4.79 Å². The molecule has 3 aromatic carbocycles. The van der Waals surface area contributed by atoms with Gasteiger partial charge in [0.25, 0.3) is 5.91 Å². The topological polar surface area (TPSA) is 46.9 Å². The summed E-state index contributed by atoms with van der Waals surface area (Å²) in [6.07, 6.45) is 1.58. The quantitative estimate of drug-likeness (QED) is 0.380. The van der Waals surface area contributed by atoms with Crippen LogP contribution in [0.25, 0.3) is 11.0 Å². The van der Waals surface area contributed by atoms with Crippen molar-refractivity contribution in [1.82, 2.24) is 14.9 Å². The molecule has 0 aliphatic carbocycles. The average Bonchev–Trinajstić information content (AvgIpc) is 3.11. The predicted molar refractivity (Wildman–Crippen MR) is 127 cm³/mol. The van der Waals surface area contributed by atoms with Crippen LogP contribution in [0.3, 0.4) is 0 Å². The molecule has 4 rings (SSSR count). The van der Waals surface area contributed by atoms with E-state index < -0.39 is 0 Å². The first kappa shape index (κ1) is 21.1. The molecule has 4 nitrogen and oxygen atoms in total. The molecule has 0 bridgehead atoms. The maximum atomic E-state index is 12.4. The van der Waals surface area contributed by atoms with E-state index in [0.29, 0.717) is 17.1 Å². The minimum Gasteiger partial charge on any atom is -0.352 e. The summed E-state index contributed by atoms with van der Waals surface area (Å²) in [7, 11) is 0. The maximum Gasteiger partial charge on any atom is 0.252 e. The van der Waals surface area contributed by atoms with Crippen molar-refractivity contribution in [3.8, 4) is 0 Å². The zero-order chi connectivity index (χ0) is 21.8. The number of rotatable bonds is 7. The number of fused-ring (bicyclic) bond motifs is 1. The Morgan fingerprint density at radius 1 is 1.03 bits per heavy atom. The Hall–Kier alpha value is -3.11. The number of amides is 1. The van der Waals surface area contributed by atoms with Crippen LogP contribution in [-0.4, -0.2) is 22.0 Å². The first-order chi connectivity index (χ1) is 15.0. The molecule has 0 saturated heterocycles. The Morgan fingerprint density at radius 3 is 2.65 bits per heavy atom. The van der Waals surface area contributed by atoms with Gasteiger partial charge in [0.05, 0.1) is 21.6 Å². The first-order valence-corrected chi connectivity index (χ1v) is 10.9. The van der Waals surface area contributed by atoms with Crippen molar-refractivity contribution < 1.29 is 4.79 Å². The van der Waals surface area contributed by atoms with Crippen LogP contribution in [0.1, 0.15) is 39.3 Å². The lowest BCUT2D eigenvalue weighted by atomic mass is 10.1. The number of halogens is 1. The minimum atomic E-state index is -0.144. The summed E-state index contributed by atoms with van der Waals surface area (Å²) in [5.41, 5.74) is 6.49. The number of carbonyl (C=O) groups excluding carboxylic acids is 1. The van der Waals surface area contributed by atoms with Crippen molar-refractivity contribution in [2.45, 2.75) is 33.2 Å². The van der Waals surface area contributed by atoms with Crippen LogP contribution >= 0.6 is 11.6 Å². The van der Waals surface area contributed by atoms with E-state index in [4.69, 9.17) is 16.6 Å². The second-order valence-corrected chi connectivity index (χ2v) is 8.28. The lowest BCUT2D eigenvalue weighted by Crippen LogP contribution is -2.25. The molecule has 1 amide bonds. The number of hydrogen-bond acceptors (Lipinski definition) is 2. The Bertz CT molecular complexity index is 1230. The third kappa shape index (κ3) is 4.80. The predicted octanol–water partition coefficient (Wildman–Crippen LogP) is 5.72. The molecule has 0 aliphatic rings. The number of benzene rings is 3. The fourth-order valence-electron chi connectivity index (χ4n) is 3.82. The minimum absolute atomic E-state index is 0.144. The zero-order valence-electron chi connectivity index (χ0n) is 17.9. The number of nitrogens with zero attached hydrogens (tertiary/aromatic N) is 2. The summed E-state index contributed by atoms with van der Waals surface area (Å²) >= 11 is 6.12. The molecule has 0 aliphatic heterocycles. The summed E-state index contributed by atoms with van der Waals surface area (Å²) in [6.45, 7) is 5.63. The van der Waals surface area contributed by atoms with Crippen molar-refractivity contribution in [2.24, 2.45) is 0 Å². The molecule has 1 N–H and O–H groups in total. The van der Waals surface area contributed by atoms with Gasteiger partial charge in [0, 0.05) is 19.5 Å². The number of para-hydroxylation sites is 2. The van der Waals surface area contributed by atoms with Gasteiger partial charge in [-0.05, 0) is 55.7 Å². The van der Waals surface area contributed by atoms with Gasteiger partial charge in [0.2, 0.25) is 0 Å². The maximum absolute atomic E-state index is 12.4. The van der Waals surface area contributed by atoms with Gasteiger partial charge in [0.1, 0.15) is 5.82 Å². The van der Waals surface area contributed by atoms with Gasteiger partial charge in [-0.2, -0.15) is 0 Å². The van der Waals surface area contributed by atoms with Crippen molar-refractivity contribution in [1.29, 1.82) is 0 Å². The SMILES string of the molecule is Cc1ccc(C)c(Cn2c(CCCNC(=O)c3ccccc3Cl)nc3ccccc32)c1. The molecule has 0 radical (unpaired) electrons. The number of hydrogen-bond donors (Lipinski definition) is 1. The molecule has 1 heterocycles. The van der Waals surface area contributed by atoms with Crippen LogP contribution in [0.4, 0.5) is 0 Å². The van der Waals surface area contributed by atoms with Gasteiger partial charge in [-0.15, -0.1) is 0 Å². The zero-order valence-corrected chi connectivity index (χ0v) is 18.6. The Kier molecular flexibility index (Phi) is 6.38. The van der Waals surface area contributed by atoms with Gasteiger partial charge in [-0.25, -0.2) is 4.98 Å². The van der Waals surface area contributed by atoms with Gasteiger partial charge >= 0.3 is 0 Å². The lowest BCUT2D eigenvalue weighted by Gasteiger charge is -2.13. The van der Waals surface area contributed by atoms with E-state index in [9.17, 15) is 4.79 Å². The van der Waals surface area contributed by atoms with E-state index in [1.807, 2.05) is 18.2 Å². The van der Waals surface area contributed by atoms with Gasteiger partial charge in [-0.1, -0.05) is 59.6 Å². The molecule has 4 aromatic rings. The largest absolute Gasteiger partial charge is 0.352 e. The Balaban J connectivity index is 1.49. The van der Waals surface area contributed by atoms with E-state index in [1.165, 1.54) is 16.7 Å². The standard InChI is InChI=1S/C26H26ClN3O/c1-18-13-14-19(2)20(16-18)17-30-24-11-6-5-10-23(24)29-25(30)12-7-15-28-26(31)21-8-3-4-9-22(21)27/h3-6,8-11,13-14,16H,7,12,15,17H2,1-2H3,(H,28,31). The average molecular weight is 432 g/mol. The normalized spacial score (nSPS) is 11.1. The van der Waals surface area contributed by atoms with Crippen molar-refractivity contribution >= 4 is 28.5 Å². The molecule has 31 heavy (non-hydrogen) atoms. The van der Waals surface area contributed by atoms with Crippen LogP contribution in [0.2, 0.25) is 5.02 Å². The second kappa shape index (κ2) is 9.36. The summed E-state index contributed by atoms with van der Waals surface area (Å²) < 4.78 is 2.30. The van der Waals surface area contributed by atoms with E-state index in [-0.39, 0.29) is 5.91 Å². The smallest absolute Gasteiger partial charge is 0.252 e. The monoisotopic (exact) mass is 431 g/mol. The molecule has 5 heteroatoms. The van der Waals surface area contributed by atoms with Crippen LogP contribution in [0.15, 0.2) is 66.7 Å². The van der Waals surface area contributed by atoms with Crippen molar-refractivity contribution in [3.63, 3.8) is 0 Å².